The molecule has 0 radical (unpaired) electrons. The summed E-state index contributed by atoms with van der Waals surface area (Å²) in [5.41, 5.74) is 3.20. The summed E-state index contributed by atoms with van der Waals surface area (Å²) in [7, 11) is -10.1. The van der Waals surface area contributed by atoms with Crippen LogP contribution in [0.4, 0.5) is 25.2 Å². The topological polar surface area (TPSA) is 0 Å². The fourth-order valence-electron chi connectivity index (χ4n) is 2.40. The first kappa shape index (κ1) is 19.6. The molecule has 1 aromatic carbocycles. The molecule has 1 aromatic rings. The van der Waals surface area contributed by atoms with E-state index in [1.54, 1.807) is 11.1 Å². The third-order valence-electron chi connectivity index (χ3n) is 3.46. The number of fused-ring (bicyclic) bond motifs is 1. The average molecular weight is 366 g/mol. The van der Waals surface area contributed by atoms with Gasteiger partial charge in [0.25, 0.3) is 0 Å². The molecular weight excluding hydrogens is 345 g/mol. The predicted octanol–water partition coefficient (Wildman–Crippen LogP) is 7.24. The SMILES string of the molecule is CCCC[S+]1Cc2ccccc2C1(C)C.F[P-](F)(F)(F)(F)F. The van der Waals surface area contributed by atoms with Crippen LogP contribution in [0.15, 0.2) is 24.3 Å². The Morgan fingerprint density at radius 3 is 2.00 bits per heavy atom. The Kier molecular flexibility index (Phi) is 4.98. The van der Waals surface area contributed by atoms with E-state index >= 15 is 0 Å². The molecule has 0 fully saturated rings. The van der Waals surface area contributed by atoms with Gasteiger partial charge in [0.05, 0.1) is 0 Å². The van der Waals surface area contributed by atoms with E-state index < -0.39 is 7.81 Å². The third-order valence-corrected chi connectivity index (χ3v) is 6.57. The van der Waals surface area contributed by atoms with Crippen molar-refractivity contribution in [1.82, 2.24) is 0 Å². The second kappa shape index (κ2) is 5.59. The van der Waals surface area contributed by atoms with E-state index in [2.05, 4.69) is 45.0 Å². The van der Waals surface area contributed by atoms with Gasteiger partial charge < -0.3 is 0 Å². The van der Waals surface area contributed by atoms with Crippen LogP contribution in [0.3, 0.4) is 0 Å². The monoisotopic (exact) mass is 366 g/mol. The van der Waals surface area contributed by atoms with Crippen LogP contribution in [0.25, 0.3) is 0 Å². The van der Waals surface area contributed by atoms with Crippen molar-refractivity contribution in [3.05, 3.63) is 35.4 Å². The average Bonchev–Trinajstić information content (AvgIpc) is 2.55. The van der Waals surface area contributed by atoms with E-state index in [1.807, 2.05) is 0 Å². The molecule has 1 unspecified atom stereocenters. The Bertz CT molecular complexity index is 511. The molecule has 0 amide bonds. The van der Waals surface area contributed by atoms with E-state index in [0.717, 1.165) is 0 Å². The van der Waals surface area contributed by atoms with Gasteiger partial charge in [0.1, 0.15) is 16.3 Å². The molecule has 130 valence electrons. The van der Waals surface area contributed by atoms with Crippen LogP contribution in [0.5, 0.6) is 0 Å². The minimum atomic E-state index is -10.7. The predicted molar refractivity (Wildman–Crippen MR) is 83.9 cm³/mol. The van der Waals surface area contributed by atoms with Crippen LogP contribution in [-0.4, -0.2) is 5.75 Å². The number of unbranched alkanes of at least 4 members (excludes halogenated alkanes) is 1. The number of hydrogen-bond acceptors (Lipinski definition) is 0. The number of hydrogen-bond donors (Lipinski definition) is 0. The summed E-state index contributed by atoms with van der Waals surface area (Å²) in [6, 6.07) is 9.01. The van der Waals surface area contributed by atoms with Crippen molar-refractivity contribution in [3.63, 3.8) is 0 Å². The third kappa shape index (κ3) is 7.23. The summed E-state index contributed by atoms with van der Waals surface area (Å²) in [5.74, 6) is 2.74. The van der Waals surface area contributed by atoms with Gasteiger partial charge in [-0.2, -0.15) is 0 Å². The molecule has 1 aliphatic heterocycles. The van der Waals surface area contributed by atoms with E-state index in [9.17, 15) is 25.2 Å². The molecule has 0 aliphatic carbocycles. The molecule has 1 aliphatic rings. The van der Waals surface area contributed by atoms with Gasteiger partial charge in [-0.15, -0.1) is 0 Å². The molecule has 0 aromatic heterocycles. The van der Waals surface area contributed by atoms with Gasteiger partial charge in [-0.1, -0.05) is 37.6 Å². The fraction of sp³-hybridized carbons (Fsp3) is 0.571. The van der Waals surface area contributed by atoms with Crippen molar-refractivity contribution in [3.8, 4) is 0 Å². The standard InChI is InChI=1S/C14H21S.F6P/c1-4-5-10-15-11-12-8-6-7-9-13(12)14(15,2)3;1-7(2,3,4,5)6/h6-9H,4-5,10-11H2,1-3H3;/q+1;-1. The maximum absolute atomic E-state index is 10.7. The first-order valence-corrected chi connectivity index (χ1v) is 10.5. The summed E-state index contributed by atoms with van der Waals surface area (Å²) in [5, 5.41) is 0. The van der Waals surface area contributed by atoms with E-state index in [0.29, 0.717) is 15.6 Å². The Hall–Kier alpha value is -0.420. The van der Waals surface area contributed by atoms with Gasteiger partial charge in [0, 0.05) is 22.0 Å². The van der Waals surface area contributed by atoms with Gasteiger partial charge in [-0.25, -0.2) is 0 Å². The molecule has 0 saturated heterocycles. The van der Waals surface area contributed by atoms with Gasteiger partial charge >= 0.3 is 33.0 Å². The summed E-state index contributed by atoms with van der Waals surface area (Å²) >= 11 is 0. The fourth-order valence-corrected chi connectivity index (χ4v) is 5.19. The molecule has 1 atom stereocenters. The molecular formula is C14H21F6PS. The van der Waals surface area contributed by atoms with Crippen molar-refractivity contribution >= 4 is 18.7 Å². The summed E-state index contributed by atoms with van der Waals surface area (Å²) in [6.07, 6.45) is 2.72. The number of rotatable bonds is 3. The van der Waals surface area contributed by atoms with Gasteiger partial charge in [0.15, 0.2) is 0 Å². The normalized spacial score (nSPS) is 22.9. The zero-order chi connectivity index (χ0) is 17.3. The van der Waals surface area contributed by atoms with Crippen LogP contribution >= 0.6 is 7.81 Å². The van der Waals surface area contributed by atoms with Crippen molar-refractivity contribution in [2.45, 2.75) is 44.1 Å². The number of halogens is 6. The van der Waals surface area contributed by atoms with Crippen LogP contribution in [0.1, 0.15) is 44.7 Å². The Labute approximate surface area is 129 Å². The van der Waals surface area contributed by atoms with Crippen LogP contribution < -0.4 is 0 Å². The van der Waals surface area contributed by atoms with E-state index in [-0.39, 0.29) is 0 Å². The zero-order valence-corrected chi connectivity index (χ0v) is 14.5. The quantitative estimate of drug-likeness (QED) is 0.301. The van der Waals surface area contributed by atoms with Crippen molar-refractivity contribution in [1.29, 1.82) is 0 Å². The molecule has 1 heterocycles. The molecule has 0 N–H and O–H groups in total. The molecule has 0 saturated carbocycles. The van der Waals surface area contributed by atoms with Gasteiger partial charge in [-0.05, 0) is 20.3 Å². The first-order valence-electron chi connectivity index (χ1n) is 6.93. The zero-order valence-electron chi connectivity index (χ0n) is 12.8. The molecule has 2 rings (SSSR count). The van der Waals surface area contributed by atoms with Crippen LogP contribution in [-0.2, 0) is 21.4 Å². The van der Waals surface area contributed by atoms with Gasteiger partial charge in [-0.3, -0.25) is 0 Å². The molecule has 22 heavy (non-hydrogen) atoms. The molecule has 0 bridgehead atoms. The first-order chi connectivity index (χ1) is 9.61. The van der Waals surface area contributed by atoms with E-state index in [1.165, 1.54) is 24.3 Å². The minimum absolute atomic E-state index is 0.422. The Morgan fingerprint density at radius 1 is 1.05 bits per heavy atom. The van der Waals surface area contributed by atoms with E-state index in [4.69, 9.17) is 0 Å². The van der Waals surface area contributed by atoms with Crippen molar-refractivity contribution in [2.24, 2.45) is 0 Å². The summed E-state index contributed by atoms with van der Waals surface area (Å²) in [4.78, 5) is 0. The summed E-state index contributed by atoms with van der Waals surface area (Å²) < 4.78 is 59.6. The Balaban J connectivity index is 0.000000295. The van der Waals surface area contributed by atoms with Crippen LogP contribution in [0, 0.1) is 0 Å². The molecule has 0 spiro atoms. The van der Waals surface area contributed by atoms with Gasteiger partial charge in [0.2, 0.25) is 0 Å². The molecule has 0 nitrogen and oxygen atoms in total. The van der Waals surface area contributed by atoms with Crippen LogP contribution in [0.2, 0.25) is 0 Å². The second-order valence-electron chi connectivity index (χ2n) is 5.82. The molecule has 8 heteroatoms. The second-order valence-corrected chi connectivity index (χ2v) is 10.4. The number of benzene rings is 1. The Morgan fingerprint density at radius 2 is 1.55 bits per heavy atom. The summed E-state index contributed by atoms with van der Waals surface area (Å²) in [6.45, 7) is 7.15. The van der Waals surface area contributed by atoms with Crippen molar-refractivity contribution in [2.75, 3.05) is 5.75 Å². The van der Waals surface area contributed by atoms with Crippen molar-refractivity contribution < 1.29 is 25.2 Å². The maximum atomic E-state index is 9.87.